The van der Waals surface area contributed by atoms with Crippen LogP contribution in [0.4, 0.5) is 4.39 Å². The summed E-state index contributed by atoms with van der Waals surface area (Å²) in [5.41, 5.74) is 1.05. The second-order valence-electron chi connectivity index (χ2n) is 4.93. The molecule has 1 fully saturated rings. The van der Waals surface area contributed by atoms with E-state index in [4.69, 9.17) is 4.74 Å². The summed E-state index contributed by atoms with van der Waals surface area (Å²) >= 11 is 0. The lowest BCUT2D eigenvalue weighted by Crippen LogP contribution is -2.48. The predicted octanol–water partition coefficient (Wildman–Crippen LogP) is 2.52. The summed E-state index contributed by atoms with van der Waals surface area (Å²) in [5, 5.41) is 3.55. The standard InChI is InChI=1S/C14H20FNO/c1-10(16-13-8-14(9-13)17-2)6-11-4-3-5-12(15)7-11/h3-5,7,10,13-14,16H,6,8-9H2,1-2H3. The van der Waals surface area contributed by atoms with E-state index in [1.807, 2.05) is 6.07 Å². The van der Waals surface area contributed by atoms with Crippen LogP contribution in [0, 0.1) is 5.82 Å². The highest BCUT2D eigenvalue weighted by Gasteiger charge is 2.29. The maximum Gasteiger partial charge on any atom is 0.123 e. The Labute approximate surface area is 102 Å². The number of hydrogen-bond donors (Lipinski definition) is 1. The van der Waals surface area contributed by atoms with Crippen molar-refractivity contribution in [3.8, 4) is 0 Å². The van der Waals surface area contributed by atoms with Crippen LogP contribution >= 0.6 is 0 Å². The largest absolute Gasteiger partial charge is 0.381 e. The van der Waals surface area contributed by atoms with Crippen molar-refractivity contribution in [2.45, 2.75) is 44.4 Å². The van der Waals surface area contributed by atoms with Gasteiger partial charge in [0.05, 0.1) is 6.10 Å². The Morgan fingerprint density at radius 1 is 1.47 bits per heavy atom. The number of nitrogens with one attached hydrogen (secondary N) is 1. The molecule has 0 spiro atoms. The van der Waals surface area contributed by atoms with Crippen LogP contribution < -0.4 is 5.32 Å². The van der Waals surface area contributed by atoms with E-state index in [2.05, 4.69) is 12.2 Å². The number of halogens is 1. The molecule has 3 heteroatoms. The molecule has 0 radical (unpaired) electrons. The fourth-order valence-electron chi connectivity index (χ4n) is 2.37. The summed E-state index contributed by atoms with van der Waals surface area (Å²) in [5.74, 6) is -0.155. The summed E-state index contributed by atoms with van der Waals surface area (Å²) in [6.45, 7) is 2.14. The Hall–Kier alpha value is -0.930. The van der Waals surface area contributed by atoms with Crippen LogP contribution in [0.25, 0.3) is 0 Å². The van der Waals surface area contributed by atoms with Crippen molar-refractivity contribution in [1.82, 2.24) is 5.32 Å². The molecule has 2 rings (SSSR count). The SMILES string of the molecule is COC1CC(NC(C)Cc2cccc(F)c2)C1. The molecule has 1 atom stereocenters. The van der Waals surface area contributed by atoms with Crippen molar-refractivity contribution in [3.05, 3.63) is 35.6 Å². The van der Waals surface area contributed by atoms with Gasteiger partial charge in [-0.3, -0.25) is 0 Å². The lowest BCUT2D eigenvalue weighted by atomic mass is 9.88. The lowest BCUT2D eigenvalue weighted by Gasteiger charge is -2.36. The first-order valence-corrected chi connectivity index (χ1v) is 6.20. The first-order chi connectivity index (χ1) is 8.17. The molecule has 0 aliphatic heterocycles. The van der Waals surface area contributed by atoms with E-state index in [1.165, 1.54) is 6.07 Å². The van der Waals surface area contributed by atoms with Gasteiger partial charge in [0.2, 0.25) is 0 Å². The van der Waals surface area contributed by atoms with Crippen LogP contribution in [0.1, 0.15) is 25.3 Å². The zero-order valence-corrected chi connectivity index (χ0v) is 10.4. The van der Waals surface area contributed by atoms with E-state index in [1.54, 1.807) is 19.2 Å². The Balaban J connectivity index is 1.76. The molecule has 1 unspecified atom stereocenters. The van der Waals surface area contributed by atoms with Gasteiger partial charge < -0.3 is 10.1 Å². The zero-order valence-electron chi connectivity index (χ0n) is 10.4. The second-order valence-corrected chi connectivity index (χ2v) is 4.93. The van der Waals surface area contributed by atoms with Crippen LogP contribution in [0.15, 0.2) is 24.3 Å². The van der Waals surface area contributed by atoms with Crippen molar-refractivity contribution in [3.63, 3.8) is 0 Å². The average molecular weight is 237 g/mol. The number of ether oxygens (including phenoxy) is 1. The van der Waals surface area contributed by atoms with Gasteiger partial charge in [-0.2, -0.15) is 0 Å². The van der Waals surface area contributed by atoms with Gasteiger partial charge in [-0.15, -0.1) is 0 Å². The Bertz CT molecular complexity index is 363. The van der Waals surface area contributed by atoms with E-state index >= 15 is 0 Å². The maximum atomic E-state index is 13.0. The van der Waals surface area contributed by atoms with Crippen LogP contribution in [0.3, 0.4) is 0 Å². The molecule has 1 aromatic rings. The molecule has 1 N–H and O–H groups in total. The molecule has 1 aliphatic carbocycles. The van der Waals surface area contributed by atoms with Crippen molar-refractivity contribution < 1.29 is 9.13 Å². The number of rotatable bonds is 5. The van der Waals surface area contributed by atoms with Crippen LogP contribution in [-0.2, 0) is 11.2 Å². The van der Waals surface area contributed by atoms with E-state index in [9.17, 15) is 4.39 Å². The Morgan fingerprint density at radius 3 is 2.88 bits per heavy atom. The van der Waals surface area contributed by atoms with Gasteiger partial charge in [0.1, 0.15) is 5.82 Å². The summed E-state index contributed by atoms with van der Waals surface area (Å²) in [6.07, 6.45) is 3.47. The quantitative estimate of drug-likeness (QED) is 0.849. The topological polar surface area (TPSA) is 21.3 Å². The highest BCUT2D eigenvalue weighted by molar-refractivity contribution is 5.17. The number of benzene rings is 1. The Morgan fingerprint density at radius 2 is 2.24 bits per heavy atom. The van der Waals surface area contributed by atoms with Gasteiger partial charge >= 0.3 is 0 Å². The first kappa shape index (κ1) is 12.5. The summed E-state index contributed by atoms with van der Waals surface area (Å²) in [7, 11) is 1.76. The molecule has 0 heterocycles. The third-order valence-corrected chi connectivity index (χ3v) is 3.38. The summed E-state index contributed by atoms with van der Waals surface area (Å²) in [6, 6.07) is 7.76. The highest BCUT2D eigenvalue weighted by Crippen LogP contribution is 2.23. The minimum absolute atomic E-state index is 0.155. The van der Waals surface area contributed by atoms with Gasteiger partial charge in [0, 0.05) is 19.2 Å². The number of hydrogen-bond acceptors (Lipinski definition) is 2. The van der Waals surface area contributed by atoms with Gasteiger partial charge in [-0.05, 0) is 43.9 Å². The summed E-state index contributed by atoms with van der Waals surface area (Å²) in [4.78, 5) is 0. The molecular formula is C14H20FNO. The maximum absolute atomic E-state index is 13.0. The molecule has 94 valence electrons. The van der Waals surface area contributed by atoms with Gasteiger partial charge in [-0.1, -0.05) is 12.1 Å². The smallest absolute Gasteiger partial charge is 0.123 e. The van der Waals surface area contributed by atoms with E-state index < -0.39 is 0 Å². The van der Waals surface area contributed by atoms with Crippen molar-refractivity contribution in [2.24, 2.45) is 0 Å². The second kappa shape index (κ2) is 5.61. The first-order valence-electron chi connectivity index (χ1n) is 6.20. The van der Waals surface area contributed by atoms with Gasteiger partial charge in [0.25, 0.3) is 0 Å². The highest BCUT2D eigenvalue weighted by atomic mass is 19.1. The Kier molecular flexibility index (Phi) is 4.13. The predicted molar refractivity (Wildman–Crippen MR) is 66.5 cm³/mol. The van der Waals surface area contributed by atoms with Crippen molar-refractivity contribution in [1.29, 1.82) is 0 Å². The number of methoxy groups -OCH3 is 1. The molecule has 0 saturated heterocycles. The fraction of sp³-hybridized carbons (Fsp3) is 0.571. The molecular weight excluding hydrogens is 217 g/mol. The van der Waals surface area contributed by atoms with Crippen molar-refractivity contribution in [2.75, 3.05) is 7.11 Å². The average Bonchev–Trinajstić information content (AvgIpc) is 2.22. The van der Waals surface area contributed by atoms with Crippen LogP contribution in [0.2, 0.25) is 0 Å². The van der Waals surface area contributed by atoms with Crippen LogP contribution in [0.5, 0.6) is 0 Å². The van der Waals surface area contributed by atoms with Gasteiger partial charge in [0.15, 0.2) is 0 Å². The van der Waals surface area contributed by atoms with E-state index in [0.29, 0.717) is 18.2 Å². The normalized spacial score (nSPS) is 25.4. The summed E-state index contributed by atoms with van der Waals surface area (Å²) < 4.78 is 18.3. The molecule has 1 aliphatic rings. The molecule has 1 aromatic carbocycles. The van der Waals surface area contributed by atoms with Gasteiger partial charge in [-0.25, -0.2) is 4.39 Å². The lowest BCUT2D eigenvalue weighted by molar-refractivity contribution is 0.0148. The van der Waals surface area contributed by atoms with E-state index in [-0.39, 0.29) is 5.82 Å². The zero-order chi connectivity index (χ0) is 12.3. The molecule has 0 bridgehead atoms. The third-order valence-electron chi connectivity index (χ3n) is 3.38. The molecule has 0 amide bonds. The van der Waals surface area contributed by atoms with E-state index in [0.717, 1.165) is 24.8 Å². The molecule has 1 saturated carbocycles. The molecule has 2 nitrogen and oxygen atoms in total. The molecule has 0 aromatic heterocycles. The molecule has 17 heavy (non-hydrogen) atoms. The van der Waals surface area contributed by atoms with Crippen molar-refractivity contribution >= 4 is 0 Å². The fourth-order valence-corrected chi connectivity index (χ4v) is 2.37. The minimum atomic E-state index is -0.155. The minimum Gasteiger partial charge on any atom is -0.381 e. The third kappa shape index (κ3) is 3.51. The monoisotopic (exact) mass is 237 g/mol. The van der Waals surface area contributed by atoms with Crippen LogP contribution in [-0.4, -0.2) is 25.3 Å².